The molecule has 2 aromatic heterocycles. The van der Waals surface area contributed by atoms with E-state index in [4.69, 9.17) is 15.1 Å². The van der Waals surface area contributed by atoms with Crippen molar-refractivity contribution in [2.75, 3.05) is 37.8 Å². The molecule has 3 rings (SSSR count). The molecule has 3 aromatic rings. The summed E-state index contributed by atoms with van der Waals surface area (Å²) in [7, 11) is 0. The van der Waals surface area contributed by atoms with Gasteiger partial charge in [0.05, 0.1) is 50.5 Å². The van der Waals surface area contributed by atoms with Gasteiger partial charge in [-0.25, -0.2) is 14.8 Å². The van der Waals surface area contributed by atoms with E-state index in [1.807, 2.05) is 10.8 Å². The number of imidazole rings is 1. The third-order valence-electron chi connectivity index (χ3n) is 4.81. The van der Waals surface area contributed by atoms with Gasteiger partial charge in [0.2, 0.25) is 0 Å². The molecule has 0 aliphatic rings. The van der Waals surface area contributed by atoms with E-state index in [0.29, 0.717) is 22.1 Å². The second kappa shape index (κ2) is 13.8. The van der Waals surface area contributed by atoms with Crippen LogP contribution in [0.1, 0.15) is 27.2 Å². The molecule has 0 atom stereocenters. The van der Waals surface area contributed by atoms with Gasteiger partial charge in [0, 0.05) is 32.0 Å². The van der Waals surface area contributed by atoms with E-state index < -0.39 is 6.03 Å². The molecule has 12 heteroatoms. The Morgan fingerprint density at radius 2 is 2.03 bits per heavy atom. The molecule has 3 amide bonds. The smallest absolute Gasteiger partial charge is 0.324 e. The fourth-order valence-electron chi connectivity index (χ4n) is 3.05. The number of hydrogen-bond acceptors (Lipinski definition) is 8. The molecule has 35 heavy (non-hydrogen) atoms. The molecule has 11 nitrogen and oxygen atoms in total. The second-order valence-electron chi connectivity index (χ2n) is 7.38. The molecular weight excluding hydrogens is 470 g/mol. The summed E-state index contributed by atoms with van der Waals surface area (Å²) in [6.07, 6.45) is 7.50. The van der Waals surface area contributed by atoms with Crippen molar-refractivity contribution in [2.45, 2.75) is 19.5 Å². The summed E-state index contributed by atoms with van der Waals surface area (Å²) in [6.45, 7) is 2.04. The molecule has 0 aliphatic carbocycles. The number of aliphatic hydroxyl groups excluding tert-OH is 1. The van der Waals surface area contributed by atoms with Crippen molar-refractivity contribution in [1.82, 2.24) is 25.2 Å². The monoisotopic (exact) mass is 497 g/mol. The summed E-state index contributed by atoms with van der Waals surface area (Å²) in [5.74, 6) is -0.254. The van der Waals surface area contributed by atoms with Gasteiger partial charge >= 0.3 is 6.03 Å². The molecule has 1 aromatic carbocycles. The zero-order chi connectivity index (χ0) is 24.9. The van der Waals surface area contributed by atoms with Crippen LogP contribution in [0.15, 0.2) is 49.2 Å². The van der Waals surface area contributed by atoms with Gasteiger partial charge in [-0.3, -0.25) is 9.69 Å². The van der Waals surface area contributed by atoms with E-state index in [0.717, 1.165) is 29.9 Å². The molecule has 2 heterocycles. The summed E-state index contributed by atoms with van der Waals surface area (Å²) in [5, 5.41) is 23.8. The lowest BCUT2D eigenvalue weighted by molar-refractivity contribution is 0.0948. The summed E-state index contributed by atoms with van der Waals surface area (Å²) in [5.41, 5.74) is 1.32. The van der Waals surface area contributed by atoms with Crippen LogP contribution in [0.4, 0.5) is 9.93 Å². The van der Waals surface area contributed by atoms with Gasteiger partial charge in [-0.15, -0.1) is 0 Å². The molecule has 0 saturated carbocycles. The number of rotatable bonds is 13. The normalized spacial score (nSPS) is 10.5. The number of ether oxygens (including phenoxy) is 1. The van der Waals surface area contributed by atoms with Crippen LogP contribution >= 0.6 is 11.3 Å². The molecular formula is C23H27N7O4S. The number of nitrogens with zero attached hydrogens (tertiary/aromatic N) is 5. The van der Waals surface area contributed by atoms with Crippen LogP contribution in [0.5, 0.6) is 0 Å². The molecule has 0 spiro atoms. The average molecular weight is 498 g/mol. The quantitative estimate of drug-likeness (QED) is 0.305. The fraction of sp³-hybridized carbons (Fsp3) is 0.348. The lowest BCUT2D eigenvalue weighted by Gasteiger charge is -2.20. The molecule has 0 radical (unpaired) electrons. The first-order valence-electron chi connectivity index (χ1n) is 11.0. The number of urea groups is 1. The minimum absolute atomic E-state index is 0.0910. The van der Waals surface area contributed by atoms with Gasteiger partial charge in [0.25, 0.3) is 5.91 Å². The molecule has 3 N–H and O–H groups in total. The molecule has 0 fully saturated rings. The Morgan fingerprint density at radius 1 is 1.20 bits per heavy atom. The van der Waals surface area contributed by atoms with Crippen LogP contribution in [0.25, 0.3) is 0 Å². The maximum atomic E-state index is 12.9. The number of benzene rings is 1. The first kappa shape index (κ1) is 25.8. The van der Waals surface area contributed by atoms with Crippen molar-refractivity contribution >= 4 is 28.4 Å². The molecule has 184 valence electrons. The predicted molar refractivity (Wildman–Crippen MR) is 130 cm³/mol. The Bertz CT molecular complexity index is 1110. The Balaban J connectivity index is 1.62. The number of carbonyl (C=O) groups excluding carboxylic acids is 2. The van der Waals surface area contributed by atoms with Crippen LogP contribution in [0, 0.1) is 11.3 Å². The van der Waals surface area contributed by atoms with E-state index in [1.54, 1.807) is 36.8 Å². The highest BCUT2D eigenvalue weighted by atomic mass is 32.1. The van der Waals surface area contributed by atoms with E-state index in [-0.39, 0.29) is 38.8 Å². The SMILES string of the molecule is N#Cc1ccc(CN(C(=O)NCCOCCO)c2ncc(C(=O)NCCCn3ccnc3)s2)cc1. The zero-order valence-corrected chi connectivity index (χ0v) is 19.9. The number of aliphatic hydroxyl groups is 1. The number of thiazole rings is 1. The maximum absolute atomic E-state index is 12.9. The lowest BCUT2D eigenvalue weighted by atomic mass is 10.1. The summed E-state index contributed by atoms with van der Waals surface area (Å²) in [6, 6.07) is 8.56. The van der Waals surface area contributed by atoms with Gasteiger partial charge < -0.3 is 25.0 Å². The number of nitrogens with one attached hydrogen (secondary N) is 2. The highest BCUT2D eigenvalue weighted by molar-refractivity contribution is 7.17. The van der Waals surface area contributed by atoms with Crippen molar-refractivity contribution in [3.63, 3.8) is 0 Å². The number of amides is 3. The first-order chi connectivity index (χ1) is 17.1. The van der Waals surface area contributed by atoms with Crippen LogP contribution < -0.4 is 15.5 Å². The van der Waals surface area contributed by atoms with E-state index in [9.17, 15) is 9.59 Å². The second-order valence-corrected chi connectivity index (χ2v) is 8.39. The predicted octanol–water partition coefficient (Wildman–Crippen LogP) is 1.76. The number of carbonyl (C=O) groups is 2. The topological polar surface area (TPSA) is 145 Å². The molecule has 0 bridgehead atoms. The minimum atomic E-state index is -0.399. The number of aryl methyl sites for hydroxylation is 1. The van der Waals surface area contributed by atoms with Crippen LogP contribution in [0.3, 0.4) is 0 Å². The van der Waals surface area contributed by atoms with E-state index in [1.165, 1.54) is 11.1 Å². The van der Waals surface area contributed by atoms with Crippen LogP contribution in [0.2, 0.25) is 0 Å². The molecule has 0 aliphatic heterocycles. The summed E-state index contributed by atoms with van der Waals surface area (Å²) >= 11 is 1.12. The fourth-order valence-corrected chi connectivity index (χ4v) is 3.88. The van der Waals surface area contributed by atoms with E-state index in [2.05, 4.69) is 26.7 Å². The number of nitriles is 1. The Labute approximate surface area is 207 Å². The molecule has 0 saturated heterocycles. The van der Waals surface area contributed by atoms with Crippen molar-refractivity contribution in [1.29, 1.82) is 5.26 Å². The lowest BCUT2D eigenvalue weighted by Crippen LogP contribution is -2.41. The standard InChI is InChI=1S/C23H27N7O4S/c24-14-18-2-4-19(5-3-18)16-30(22(33)27-8-12-34-13-11-31)23-28-15-20(35-23)21(32)26-6-1-9-29-10-7-25-17-29/h2-5,7,10,15,17,31H,1,6,8-9,11-13,16H2,(H,26,32)(H,27,33). The number of hydrogen-bond donors (Lipinski definition) is 3. The van der Waals surface area contributed by atoms with Gasteiger partial charge in [-0.2, -0.15) is 5.26 Å². The number of anilines is 1. The third-order valence-corrected chi connectivity index (χ3v) is 5.83. The molecule has 0 unspecified atom stereocenters. The number of aromatic nitrogens is 3. The van der Waals surface area contributed by atoms with Gasteiger partial charge in [0.15, 0.2) is 5.13 Å². The Morgan fingerprint density at radius 3 is 2.74 bits per heavy atom. The zero-order valence-electron chi connectivity index (χ0n) is 19.1. The highest BCUT2D eigenvalue weighted by Gasteiger charge is 2.21. The maximum Gasteiger partial charge on any atom is 0.324 e. The van der Waals surface area contributed by atoms with Crippen LogP contribution in [-0.2, 0) is 17.8 Å². The van der Waals surface area contributed by atoms with Crippen molar-refractivity contribution in [2.24, 2.45) is 0 Å². The Kier molecular flexibility index (Phi) is 10.2. The van der Waals surface area contributed by atoms with Crippen molar-refractivity contribution in [3.8, 4) is 6.07 Å². The van der Waals surface area contributed by atoms with Gasteiger partial charge in [-0.1, -0.05) is 23.5 Å². The first-order valence-corrected chi connectivity index (χ1v) is 11.8. The van der Waals surface area contributed by atoms with Crippen molar-refractivity contribution < 1.29 is 19.4 Å². The van der Waals surface area contributed by atoms with E-state index >= 15 is 0 Å². The third kappa shape index (κ3) is 8.18. The highest BCUT2D eigenvalue weighted by Crippen LogP contribution is 2.24. The Hall–Kier alpha value is -3.79. The summed E-state index contributed by atoms with van der Waals surface area (Å²) in [4.78, 5) is 35.6. The average Bonchev–Trinajstić information content (AvgIpc) is 3.58. The largest absolute Gasteiger partial charge is 0.394 e. The summed E-state index contributed by atoms with van der Waals surface area (Å²) < 4.78 is 7.12. The van der Waals surface area contributed by atoms with Gasteiger partial charge in [-0.05, 0) is 24.1 Å². The van der Waals surface area contributed by atoms with Crippen LogP contribution in [-0.4, -0.2) is 64.5 Å². The van der Waals surface area contributed by atoms with Crippen molar-refractivity contribution in [3.05, 3.63) is 65.2 Å². The minimum Gasteiger partial charge on any atom is -0.394 e. The van der Waals surface area contributed by atoms with Gasteiger partial charge in [0.1, 0.15) is 4.88 Å².